The lowest BCUT2D eigenvalue weighted by molar-refractivity contribution is 0.141. The molecule has 0 atom stereocenters. The van der Waals surface area contributed by atoms with Gasteiger partial charge in [-0.25, -0.2) is 18.6 Å². The van der Waals surface area contributed by atoms with E-state index >= 15 is 0 Å². The van der Waals surface area contributed by atoms with E-state index in [2.05, 4.69) is 10.1 Å². The smallest absolute Gasteiger partial charge is 0.349 e. The number of alkyl halides is 2. The Morgan fingerprint density at radius 2 is 1.90 bits per heavy atom. The molecule has 0 saturated heterocycles. The molecule has 0 aliphatic heterocycles. The van der Waals surface area contributed by atoms with Crippen LogP contribution in [0.3, 0.4) is 0 Å². The fourth-order valence-electron chi connectivity index (χ4n) is 2.46. The van der Waals surface area contributed by atoms with Crippen molar-refractivity contribution in [3.05, 3.63) is 66.5 Å². The standard InChI is InChI=1S/C18H14Cl2F2N4O3S/c1-3-30-12-6-13(23-7-8(12)2)29-15-10(19)4-9(5-11(15)20)26-18(28)24-17(27)14(25-26)16(21)22/h4-7,16H,3H2,1-2H3,(H,24,27,28). The molecule has 2 aromatic heterocycles. The number of nitrogens with one attached hydrogen (secondary N) is 1. The van der Waals surface area contributed by atoms with Crippen molar-refractivity contribution < 1.29 is 13.5 Å². The van der Waals surface area contributed by atoms with Gasteiger partial charge in [-0.2, -0.15) is 9.78 Å². The number of benzene rings is 1. The number of hydrogen-bond donors (Lipinski definition) is 1. The summed E-state index contributed by atoms with van der Waals surface area (Å²) in [6, 6.07) is 4.24. The molecule has 158 valence electrons. The molecular formula is C18H14Cl2F2N4O3S. The Bertz CT molecular complexity index is 1190. The molecule has 3 aromatic rings. The highest BCUT2D eigenvalue weighted by Crippen LogP contribution is 2.38. The summed E-state index contributed by atoms with van der Waals surface area (Å²) < 4.78 is 32.2. The molecule has 1 aromatic carbocycles. The molecular weight excluding hydrogens is 461 g/mol. The van der Waals surface area contributed by atoms with Crippen LogP contribution in [-0.4, -0.2) is 25.5 Å². The predicted molar refractivity (Wildman–Crippen MR) is 111 cm³/mol. The molecule has 3 rings (SSSR count). The van der Waals surface area contributed by atoms with Gasteiger partial charge < -0.3 is 4.74 Å². The van der Waals surface area contributed by atoms with Crippen LogP contribution in [0.25, 0.3) is 5.69 Å². The van der Waals surface area contributed by atoms with E-state index in [1.54, 1.807) is 29.0 Å². The summed E-state index contributed by atoms with van der Waals surface area (Å²) >= 11 is 14.1. The first-order valence-corrected chi connectivity index (χ1v) is 10.2. The van der Waals surface area contributed by atoms with E-state index in [1.807, 2.05) is 13.8 Å². The zero-order valence-corrected chi connectivity index (χ0v) is 17.9. The van der Waals surface area contributed by atoms with E-state index in [0.717, 1.165) is 16.2 Å². The number of ether oxygens (including phenoxy) is 1. The van der Waals surface area contributed by atoms with Gasteiger partial charge >= 0.3 is 5.69 Å². The molecule has 30 heavy (non-hydrogen) atoms. The number of halogens is 4. The number of rotatable bonds is 6. The summed E-state index contributed by atoms with van der Waals surface area (Å²) in [5.41, 5.74) is -2.44. The van der Waals surface area contributed by atoms with Crippen LogP contribution in [0, 0.1) is 6.92 Å². The lowest BCUT2D eigenvalue weighted by Gasteiger charge is -2.13. The van der Waals surface area contributed by atoms with Crippen molar-refractivity contribution in [2.75, 3.05) is 5.75 Å². The van der Waals surface area contributed by atoms with Crippen LogP contribution in [-0.2, 0) is 0 Å². The lowest BCUT2D eigenvalue weighted by Crippen LogP contribution is -2.34. The van der Waals surface area contributed by atoms with Crippen LogP contribution in [0.5, 0.6) is 11.6 Å². The Morgan fingerprint density at radius 1 is 1.23 bits per heavy atom. The van der Waals surface area contributed by atoms with Gasteiger partial charge in [-0.05, 0) is 30.4 Å². The third kappa shape index (κ3) is 4.66. The number of hydrogen-bond acceptors (Lipinski definition) is 6. The van der Waals surface area contributed by atoms with Gasteiger partial charge in [0.2, 0.25) is 5.88 Å². The molecule has 0 amide bonds. The first-order chi connectivity index (χ1) is 14.2. The van der Waals surface area contributed by atoms with Crippen LogP contribution >= 0.6 is 35.0 Å². The average Bonchev–Trinajstić information content (AvgIpc) is 2.67. The number of aromatic nitrogens is 4. The van der Waals surface area contributed by atoms with Crippen molar-refractivity contribution in [2.24, 2.45) is 0 Å². The Morgan fingerprint density at radius 3 is 2.50 bits per heavy atom. The zero-order chi connectivity index (χ0) is 22.0. The summed E-state index contributed by atoms with van der Waals surface area (Å²) in [4.78, 5) is 30.4. The van der Waals surface area contributed by atoms with Gasteiger partial charge in [0.05, 0.1) is 15.7 Å². The number of aryl methyl sites for hydroxylation is 1. The van der Waals surface area contributed by atoms with Gasteiger partial charge in [0, 0.05) is 17.2 Å². The molecule has 0 saturated carbocycles. The number of aromatic amines is 1. The monoisotopic (exact) mass is 474 g/mol. The van der Waals surface area contributed by atoms with Gasteiger partial charge in [0.25, 0.3) is 12.0 Å². The fraction of sp³-hybridized carbons (Fsp3) is 0.222. The van der Waals surface area contributed by atoms with E-state index < -0.39 is 23.4 Å². The number of H-pyrrole nitrogens is 1. The van der Waals surface area contributed by atoms with Crippen LogP contribution in [0.15, 0.2) is 38.9 Å². The maximum absolute atomic E-state index is 13.0. The minimum absolute atomic E-state index is 0.0110. The Balaban J connectivity index is 2.01. The van der Waals surface area contributed by atoms with Crippen LogP contribution in [0.4, 0.5) is 8.78 Å². The van der Waals surface area contributed by atoms with Crippen molar-refractivity contribution in [2.45, 2.75) is 25.2 Å². The molecule has 0 aliphatic carbocycles. The topological polar surface area (TPSA) is 89.9 Å². The zero-order valence-electron chi connectivity index (χ0n) is 15.6. The van der Waals surface area contributed by atoms with Gasteiger partial charge in [0.15, 0.2) is 11.4 Å². The molecule has 0 radical (unpaired) electrons. The van der Waals surface area contributed by atoms with Crippen molar-refractivity contribution in [3.8, 4) is 17.3 Å². The SMILES string of the molecule is CCSc1cc(Oc2c(Cl)cc(-n3nc(C(F)F)c(=O)[nH]c3=O)cc2Cl)ncc1C. The van der Waals surface area contributed by atoms with Crippen molar-refractivity contribution in [1.82, 2.24) is 19.7 Å². The third-order valence-electron chi connectivity index (χ3n) is 3.82. The van der Waals surface area contributed by atoms with Crippen LogP contribution in [0.2, 0.25) is 10.0 Å². The normalized spacial score (nSPS) is 11.2. The summed E-state index contributed by atoms with van der Waals surface area (Å²) in [5.74, 6) is 1.19. The van der Waals surface area contributed by atoms with Crippen molar-refractivity contribution in [3.63, 3.8) is 0 Å². The van der Waals surface area contributed by atoms with E-state index in [1.165, 1.54) is 12.1 Å². The van der Waals surface area contributed by atoms with Gasteiger partial charge in [-0.3, -0.25) is 9.78 Å². The molecule has 7 nitrogen and oxygen atoms in total. The predicted octanol–water partition coefficient (Wildman–Crippen LogP) is 4.77. The first kappa shape index (κ1) is 22.3. The van der Waals surface area contributed by atoms with E-state index in [4.69, 9.17) is 27.9 Å². The molecule has 2 heterocycles. The molecule has 1 N–H and O–H groups in total. The first-order valence-electron chi connectivity index (χ1n) is 8.49. The summed E-state index contributed by atoms with van der Waals surface area (Å²) in [5, 5.41) is 3.39. The highest BCUT2D eigenvalue weighted by Gasteiger charge is 2.19. The highest BCUT2D eigenvalue weighted by molar-refractivity contribution is 7.99. The summed E-state index contributed by atoms with van der Waals surface area (Å²) in [6.45, 7) is 3.94. The molecule has 12 heteroatoms. The fourth-order valence-corrected chi connectivity index (χ4v) is 3.78. The maximum atomic E-state index is 13.0. The van der Waals surface area contributed by atoms with Crippen LogP contribution < -0.4 is 16.0 Å². The van der Waals surface area contributed by atoms with E-state index in [9.17, 15) is 18.4 Å². The molecule has 0 aliphatic rings. The number of nitrogens with zero attached hydrogens (tertiary/aromatic N) is 3. The second-order valence-corrected chi connectivity index (χ2v) is 8.04. The third-order valence-corrected chi connectivity index (χ3v) is 5.42. The summed E-state index contributed by atoms with van der Waals surface area (Å²) in [7, 11) is 0. The summed E-state index contributed by atoms with van der Waals surface area (Å²) in [6.07, 6.45) is -1.52. The second kappa shape index (κ2) is 9.15. The highest BCUT2D eigenvalue weighted by atomic mass is 35.5. The van der Waals surface area contributed by atoms with Crippen LogP contribution in [0.1, 0.15) is 24.6 Å². The van der Waals surface area contributed by atoms with Gasteiger partial charge in [0.1, 0.15) is 0 Å². The minimum atomic E-state index is -3.17. The van der Waals surface area contributed by atoms with E-state index in [0.29, 0.717) is 4.68 Å². The average molecular weight is 475 g/mol. The Kier molecular flexibility index (Phi) is 6.79. The Labute approximate surface area is 183 Å². The van der Waals surface area contributed by atoms with E-state index in [-0.39, 0.29) is 27.4 Å². The second-order valence-electron chi connectivity index (χ2n) is 5.92. The van der Waals surface area contributed by atoms with Crippen molar-refractivity contribution in [1.29, 1.82) is 0 Å². The lowest BCUT2D eigenvalue weighted by atomic mass is 10.3. The number of thioether (sulfide) groups is 1. The van der Waals surface area contributed by atoms with Crippen molar-refractivity contribution >= 4 is 35.0 Å². The number of pyridine rings is 1. The largest absolute Gasteiger partial charge is 0.436 e. The maximum Gasteiger partial charge on any atom is 0.349 e. The molecule has 0 unspecified atom stereocenters. The molecule has 0 fully saturated rings. The van der Waals surface area contributed by atoms with Gasteiger partial charge in [-0.1, -0.05) is 30.1 Å². The van der Waals surface area contributed by atoms with Gasteiger partial charge in [-0.15, -0.1) is 11.8 Å². The quantitative estimate of drug-likeness (QED) is 0.517. The molecule has 0 spiro atoms. The minimum Gasteiger partial charge on any atom is -0.436 e. The molecule has 0 bridgehead atoms. The Hall–Kier alpha value is -2.43.